The van der Waals surface area contributed by atoms with Crippen LogP contribution < -0.4 is 5.32 Å². The topological polar surface area (TPSA) is 69.6 Å². The second-order valence-corrected chi connectivity index (χ2v) is 7.67. The Balaban J connectivity index is 0.00000243. The van der Waals surface area contributed by atoms with Crippen LogP contribution in [0, 0.1) is 11.3 Å². The molecule has 1 saturated carbocycles. The maximum absolute atomic E-state index is 12.6. The number of carboxylic acids is 1. The molecule has 1 saturated heterocycles. The van der Waals surface area contributed by atoms with E-state index in [-0.39, 0.29) is 30.8 Å². The predicted molar refractivity (Wildman–Crippen MR) is 98.0 cm³/mol. The number of halogens is 3. The van der Waals surface area contributed by atoms with Gasteiger partial charge in [0.05, 0.1) is 17.6 Å². The van der Waals surface area contributed by atoms with Crippen LogP contribution in [0.15, 0.2) is 29.2 Å². The molecule has 2 fully saturated rings. The van der Waals surface area contributed by atoms with Gasteiger partial charge in [0.2, 0.25) is 5.91 Å². The van der Waals surface area contributed by atoms with Crippen molar-refractivity contribution < 1.29 is 23.5 Å². The maximum Gasteiger partial charge on any atom is 0.311 e. The quantitative estimate of drug-likeness (QED) is 0.707. The van der Waals surface area contributed by atoms with Gasteiger partial charge in [0.1, 0.15) is 0 Å². The first-order valence-electron chi connectivity index (χ1n) is 8.20. The van der Waals surface area contributed by atoms with Crippen molar-refractivity contribution in [1.29, 1.82) is 0 Å². The molecule has 1 aliphatic carbocycles. The number of carbonyl (C=O) groups excluding carboxylic acids is 1. The zero-order valence-electron chi connectivity index (χ0n) is 14.0. The Labute approximate surface area is 160 Å². The molecule has 2 atom stereocenters. The summed E-state index contributed by atoms with van der Waals surface area (Å²) in [6.45, 7) is 1.03. The number of nitrogens with one attached hydrogen (secondary N) is 1. The van der Waals surface area contributed by atoms with Crippen molar-refractivity contribution in [3.8, 4) is 0 Å². The molecule has 1 aliphatic heterocycles. The summed E-state index contributed by atoms with van der Waals surface area (Å²) in [5.74, 6) is -3.58. The van der Waals surface area contributed by atoms with Gasteiger partial charge < -0.3 is 10.4 Å². The van der Waals surface area contributed by atoms with Crippen LogP contribution >= 0.6 is 24.2 Å². The van der Waals surface area contributed by atoms with E-state index in [1.807, 2.05) is 4.90 Å². The van der Waals surface area contributed by atoms with Gasteiger partial charge in [-0.1, -0.05) is 30.3 Å². The number of hydrogen-bond donors (Lipinski definition) is 2. The summed E-state index contributed by atoms with van der Waals surface area (Å²) in [6.07, 6.45) is 2.44. The smallest absolute Gasteiger partial charge is 0.311 e. The van der Waals surface area contributed by atoms with Crippen molar-refractivity contribution in [1.82, 2.24) is 4.90 Å². The highest BCUT2D eigenvalue weighted by molar-refractivity contribution is 7.99. The molecule has 2 aliphatic rings. The molecular weight excluding hydrogens is 386 g/mol. The average molecular weight is 407 g/mol. The Morgan fingerprint density at radius 1 is 1.38 bits per heavy atom. The minimum absolute atomic E-state index is 0. The van der Waals surface area contributed by atoms with Crippen LogP contribution in [0.3, 0.4) is 0 Å². The zero-order valence-corrected chi connectivity index (χ0v) is 15.6. The van der Waals surface area contributed by atoms with Crippen LogP contribution in [0.4, 0.5) is 14.5 Å². The number of benzene rings is 1. The standard InChI is InChI=1S/C17H20F2N2O3S.ClH/c18-16(19)25-13-6-2-1-5-12(13)20-14(22)9-21-8-11-4-3-7-17(11,10-21)15(23)24;/h1-2,5-6,11,16H,3-4,7-10H2,(H,20,22)(H,23,24);1H/t11-,17+;/m0./s1. The fraction of sp³-hybridized carbons (Fsp3) is 0.529. The molecule has 0 radical (unpaired) electrons. The van der Waals surface area contributed by atoms with Crippen LogP contribution in [0.25, 0.3) is 0 Å². The van der Waals surface area contributed by atoms with E-state index in [1.54, 1.807) is 18.2 Å². The van der Waals surface area contributed by atoms with Gasteiger partial charge in [0.25, 0.3) is 5.76 Å². The predicted octanol–water partition coefficient (Wildman–Crippen LogP) is 3.55. The SMILES string of the molecule is Cl.O=C(CN1C[C@@H]2CCC[C@@]2(C(=O)O)C1)Nc1ccccc1SC(F)F. The Kier molecular flexibility index (Phi) is 6.87. The van der Waals surface area contributed by atoms with Gasteiger partial charge >= 0.3 is 5.97 Å². The van der Waals surface area contributed by atoms with Crippen molar-refractivity contribution in [3.63, 3.8) is 0 Å². The second kappa shape index (κ2) is 8.54. The lowest BCUT2D eigenvalue weighted by atomic mass is 9.81. The second-order valence-electron chi connectivity index (χ2n) is 6.64. The Morgan fingerprint density at radius 3 is 2.77 bits per heavy atom. The van der Waals surface area contributed by atoms with Crippen molar-refractivity contribution in [3.05, 3.63) is 24.3 Å². The fourth-order valence-electron chi connectivity index (χ4n) is 4.02. The highest BCUT2D eigenvalue weighted by Gasteiger charge is 2.54. The molecule has 9 heteroatoms. The molecule has 1 heterocycles. The van der Waals surface area contributed by atoms with Crippen LogP contribution in [-0.2, 0) is 9.59 Å². The third-order valence-corrected chi connectivity index (χ3v) is 5.90. The maximum atomic E-state index is 12.6. The van der Waals surface area contributed by atoms with E-state index >= 15 is 0 Å². The zero-order chi connectivity index (χ0) is 18.0. The Hall–Kier alpha value is -1.38. The number of hydrogen-bond acceptors (Lipinski definition) is 4. The number of likely N-dealkylation sites (tertiary alicyclic amines) is 1. The van der Waals surface area contributed by atoms with E-state index in [0.717, 1.165) is 12.8 Å². The number of nitrogens with zero attached hydrogens (tertiary/aromatic N) is 1. The van der Waals surface area contributed by atoms with Gasteiger partial charge in [0, 0.05) is 18.0 Å². The normalized spacial score (nSPS) is 25.0. The largest absolute Gasteiger partial charge is 0.481 e. The first kappa shape index (κ1) is 20.9. The number of thioether (sulfide) groups is 1. The summed E-state index contributed by atoms with van der Waals surface area (Å²) < 4.78 is 25.2. The van der Waals surface area contributed by atoms with Crippen LogP contribution in [0.5, 0.6) is 0 Å². The lowest BCUT2D eigenvalue weighted by Gasteiger charge is -2.23. The number of rotatable bonds is 6. The summed E-state index contributed by atoms with van der Waals surface area (Å²) >= 11 is 0.387. The van der Waals surface area contributed by atoms with Gasteiger partial charge in [-0.15, -0.1) is 12.4 Å². The molecule has 5 nitrogen and oxygen atoms in total. The molecule has 0 unspecified atom stereocenters. The number of carbonyl (C=O) groups is 2. The molecule has 1 amide bonds. The van der Waals surface area contributed by atoms with Crippen molar-refractivity contribution in [2.75, 3.05) is 25.0 Å². The summed E-state index contributed by atoms with van der Waals surface area (Å²) in [5, 5.41) is 12.2. The summed E-state index contributed by atoms with van der Waals surface area (Å²) in [4.78, 5) is 26.1. The number of fused-ring (bicyclic) bond motifs is 1. The Morgan fingerprint density at radius 2 is 2.12 bits per heavy atom. The highest BCUT2D eigenvalue weighted by Crippen LogP contribution is 2.48. The molecule has 144 valence electrons. The number of para-hydroxylation sites is 1. The third kappa shape index (κ3) is 4.29. The molecule has 26 heavy (non-hydrogen) atoms. The minimum Gasteiger partial charge on any atom is -0.481 e. The molecule has 1 aromatic carbocycles. The van der Waals surface area contributed by atoms with Gasteiger partial charge in [-0.3, -0.25) is 14.5 Å². The Bertz CT molecular complexity index is 679. The highest BCUT2D eigenvalue weighted by atomic mass is 35.5. The van der Waals surface area contributed by atoms with E-state index in [0.29, 0.717) is 41.9 Å². The van der Waals surface area contributed by atoms with E-state index < -0.39 is 17.1 Å². The third-order valence-electron chi connectivity index (χ3n) is 5.11. The first-order valence-corrected chi connectivity index (χ1v) is 9.08. The molecule has 0 spiro atoms. The number of amides is 1. The number of alkyl halides is 2. The molecule has 0 bridgehead atoms. The van der Waals surface area contributed by atoms with Crippen molar-refractivity contribution >= 4 is 41.7 Å². The van der Waals surface area contributed by atoms with E-state index in [2.05, 4.69) is 5.32 Å². The minimum atomic E-state index is -2.56. The fourth-order valence-corrected chi connectivity index (χ4v) is 4.62. The number of anilines is 1. The molecule has 3 rings (SSSR count). The van der Waals surface area contributed by atoms with Gasteiger partial charge in [-0.2, -0.15) is 8.78 Å². The molecule has 1 aromatic rings. The van der Waals surface area contributed by atoms with Crippen molar-refractivity contribution in [2.24, 2.45) is 11.3 Å². The van der Waals surface area contributed by atoms with Crippen LogP contribution in [0.1, 0.15) is 19.3 Å². The van der Waals surface area contributed by atoms with E-state index in [4.69, 9.17) is 0 Å². The summed E-state index contributed by atoms with van der Waals surface area (Å²) in [6, 6.07) is 6.43. The molecule has 2 N–H and O–H groups in total. The van der Waals surface area contributed by atoms with Crippen LogP contribution in [-0.4, -0.2) is 47.3 Å². The molecule has 0 aromatic heterocycles. The molecular formula is C17H21ClF2N2O3S. The van der Waals surface area contributed by atoms with E-state index in [1.165, 1.54) is 6.07 Å². The van der Waals surface area contributed by atoms with Crippen molar-refractivity contribution in [2.45, 2.75) is 29.9 Å². The summed E-state index contributed by atoms with van der Waals surface area (Å²) in [7, 11) is 0. The summed E-state index contributed by atoms with van der Waals surface area (Å²) in [5.41, 5.74) is -0.380. The average Bonchev–Trinajstić information content (AvgIpc) is 3.06. The van der Waals surface area contributed by atoms with E-state index in [9.17, 15) is 23.5 Å². The monoisotopic (exact) mass is 406 g/mol. The van der Waals surface area contributed by atoms with Crippen LogP contribution in [0.2, 0.25) is 0 Å². The lowest BCUT2D eigenvalue weighted by molar-refractivity contribution is -0.149. The number of aliphatic carboxylic acids is 1. The first-order chi connectivity index (χ1) is 11.9. The lowest BCUT2D eigenvalue weighted by Crippen LogP contribution is -2.37. The van der Waals surface area contributed by atoms with Gasteiger partial charge in [0.15, 0.2) is 0 Å². The van der Waals surface area contributed by atoms with Gasteiger partial charge in [-0.25, -0.2) is 0 Å². The van der Waals surface area contributed by atoms with Gasteiger partial charge in [-0.05, 0) is 30.9 Å². The number of carboxylic acid groups (broad SMARTS) is 1.